The van der Waals surface area contributed by atoms with Gasteiger partial charge in [-0.25, -0.2) is 0 Å². The molecule has 14 heavy (non-hydrogen) atoms. The summed E-state index contributed by atoms with van der Waals surface area (Å²) in [6.07, 6.45) is 2.30. The van der Waals surface area contributed by atoms with Crippen molar-refractivity contribution < 1.29 is 9.18 Å². The highest BCUT2D eigenvalue weighted by Gasteiger charge is 2.41. The number of hydrogen-bond acceptors (Lipinski definition) is 2. The lowest BCUT2D eigenvalue weighted by Gasteiger charge is -2.22. The molecule has 2 heterocycles. The average molecular weight is 200 g/mol. The highest BCUT2D eigenvalue weighted by Crippen LogP contribution is 2.36. The van der Waals surface area contributed by atoms with E-state index in [-0.39, 0.29) is 12.3 Å². The molecular weight excluding hydrogens is 183 g/mol. The maximum Gasteiger partial charge on any atom is 0.225 e. The summed E-state index contributed by atoms with van der Waals surface area (Å²) in [5, 5.41) is 3.33. The Morgan fingerprint density at radius 3 is 3.00 bits per heavy atom. The average Bonchev–Trinajstić information content (AvgIpc) is 2.78. The fraction of sp³-hybridized carbons (Fsp3) is 0.900. The van der Waals surface area contributed by atoms with Crippen LogP contribution in [0.1, 0.15) is 19.3 Å². The molecule has 80 valence electrons. The van der Waals surface area contributed by atoms with Crippen LogP contribution in [0.3, 0.4) is 0 Å². The number of alkyl halides is 1. The summed E-state index contributed by atoms with van der Waals surface area (Å²) in [5.74, 6) is -0.0173. The lowest BCUT2D eigenvalue weighted by Crippen LogP contribution is -2.33. The van der Waals surface area contributed by atoms with Crippen LogP contribution in [0.5, 0.6) is 0 Å². The third-order valence-corrected chi connectivity index (χ3v) is 3.43. The molecule has 1 amide bonds. The van der Waals surface area contributed by atoms with E-state index < -0.39 is 6.67 Å². The minimum absolute atomic E-state index is 0.0173. The largest absolute Gasteiger partial charge is 0.342 e. The predicted octanol–water partition coefficient (Wildman–Crippen LogP) is 0.558. The lowest BCUT2D eigenvalue weighted by molar-refractivity contribution is -0.130. The zero-order valence-electron chi connectivity index (χ0n) is 8.39. The van der Waals surface area contributed by atoms with Crippen molar-refractivity contribution in [2.75, 3.05) is 32.9 Å². The van der Waals surface area contributed by atoms with E-state index in [1.54, 1.807) is 0 Å². The van der Waals surface area contributed by atoms with Crippen LogP contribution >= 0.6 is 0 Å². The summed E-state index contributed by atoms with van der Waals surface area (Å²) in [6, 6.07) is 0. The van der Waals surface area contributed by atoms with Gasteiger partial charge in [0, 0.05) is 25.0 Å². The summed E-state index contributed by atoms with van der Waals surface area (Å²) < 4.78 is 12.0. The van der Waals surface area contributed by atoms with Crippen molar-refractivity contribution in [3.05, 3.63) is 0 Å². The maximum absolute atomic E-state index is 12.0. The van der Waals surface area contributed by atoms with Crippen LogP contribution in [0.25, 0.3) is 0 Å². The van der Waals surface area contributed by atoms with E-state index in [9.17, 15) is 9.18 Å². The van der Waals surface area contributed by atoms with Gasteiger partial charge in [0.05, 0.1) is 13.1 Å². The molecule has 1 N–H and O–H groups in total. The van der Waals surface area contributed by atoms with Gasteiger partial charge in [-0.05, 0) is 19.4 Å². The van der Waals surface area contributed by atoms with Gasteiger partial charge in [0.15, 0.2) is 0 Å². The van der Waals surface area contributed by atoms with Crippen LogP contribution < -0.4 is 5.32 Å². The molecule has 3 nitrogen and oxygen atoms in total. The molecular formula is C10H17FN2O. The molecule has 0 aromatic carbocycles. The van der Waals surface area contributed by atoms with Gasteiger partial charge < -0.3 is 10.2 Å². The predicted molar refractivity (Wildman–Crippen MR) is 51.7 cm³/mol. The number of likely N-dealkylation sites (tertiary alicyclic amines) is 1. The Kier molecular flexibility index (Phi) is 2.72. The molecule has 1 spiro atoms. The summed E-state index contributed by atoms with van der Waals surface area (Å²) in [5.41, 5.74) is 0.311. The first-order valence-electron chi connectivity index (χ1n) is 5.30. The number of nitrogens with zero attached hydrogens (tertiary/aromatic N) is 1. The number of carbonyl (C=O) groups excluding carboxylic acids is 1. The Balaban J connectivity index is 1.90. The number of carbonyl (C=O) groups is 1. The standard InChI is InChI=1S/C10H17FN2O/c11-4-1-9(14)13-6-3-10(8-13)2-5-12-7-10/h12H,1-8H2/t10-/m0/s1. The number of halogens is 1. The molecule has 0 radical (unpaired) electrons. The molecule has 1 atom stereocenters. The van der Waals surface area contributed by atoms with Gasteiger partial charge in [0.1, 0.15) is 0 Å². The van der Waals surface area contributed by atoms with Crippen LogP contribution in [0.2, 0.25) is 0 Å². The molecule has 2 aliphatic rings. The fourth-order valence-electron chi connectivity index (χ4n) is 2.53. The Bertz CT molecular complexity index is 226. The van der Waals surface area contributed by atoms with Gasteiger partial charge in [-0.1, -0.05) is 0 Å². The van der Waals surface area contributed by atoms with Crippen LogP contribution in [-0.4, -0.2) is 43.7 Å². The summed E-state index contributed by atoms with van der Waals surface area (Å²) in [4.78, 5) is 13.3. The Hall–Kier alpha value is -0.640. The smallest absolute Gasteiger partial charge is 0.225 e. The number of amides is 1. The molecule has 0 aromatic heterocycles. The first kappa shape index (κ1) is 9.90. The molecule has 4 heteroatoms. The Labute approximate surface area is 83.6 Å². The van der Waals surface area contributed by atoms with Gasteiger partial charge >= 0.3 is 0 Å². The van der Waals surface area contributed by atoms with Crippen molar-refractivity contribution in [1.29, 1.82) is 0 Å². The van der Waals surface area contributed by atoms with Crippen molar-refractivity contribution in [3.8, 4) is 0 Å². The van der Waals surface area contributed by atoms with Crippen LogP contribution in [-0.2, 0) is 4.79 Å². The summed E-state index contributed by atoms with van der Waals surface area (Å²) >= 11 is 0. The van der Waals surface area contributed by atoms with Crippen molar-refractivity contribution >= 4 is 5.91 Å². The van der Waals surface area contributed by atoms with Crippen molar-refractivity contribution in [2.45, 2.75) is 19.3 Å². The van der Waals surface area contributed by atoms with Gasteiger partial charge in [-0.3, -0.25) is 9.18 Å². The molecule has 0 aromatic rings. The summed E-state index contributed by atoms with van der Waals surface area (Å²) in [6.45, 7) is 3.21. The number of rotatable bonds is 2. The molecule has 0 unspecified atom stereocenters. The van der Waals surface area contributed by atoms with E-state index in [2.05, 4.69) is 5.32 Å². The second-order valence-electron chi connectivity index (χ2n) is 4.43. The maximum atomic E-state index is 12.0. The molecule has 2 aliphatic heterocycles. The Morgan fingerprint density at radius 1 is 1.50 bits per heavy atom. The zero-order chi connectivity index (χ0) is 10.0. The van der Waals surface area contributed by atoms with E-state index in [4.69, 9.17) is 0 Å². The first-order chi connectivity index (χ1) is 6.76. The zero-order valence-corrected chi connectivity index (χ0v) is 8.39. The van der Waals surface area contributed by atoms with Gasteiger partial charge in [0.25, 0.3) is 0 Å². The SMILES string of the molecule is O=C(CCF)N1CC[C@]2(CCNC2)C1. The minimum Gasteiger partial charge on any atom is -0.342 e. The second-order valence-corrected chi connectivity index (χ2v) is 4.43. The van der Waals surface area contributed by atoms with E-state index in [1.807, 2.05) is 4.90 Å². The quantitative estimate of drug-likeness (QED) is 0.706. The normalized spacial score (nSPS) is 31.6. The first-order valence-corrected chi connectivity index (χ1v) is 5.30. The van der Waals surface area contributed by atoms with E-state index >= 15 is 0 Å². The third kappa shape index (κ3) is 1.75. The molecule has 0 bridgehead atoms. The summed E-state index contributed by atoms with van der Waals surface area (Å²) in [7, 11) is 0. The lowest BCUT2D eigenvalue weighted by atomic mass is 9.87. The van der Waals surface area contributed by atoms with Gasteiger partial charge in [0.2, 0.25) is 5.91 Å². The van der Waals surface area contributed by atoms with Gasteiger partial charge in [-0.2, -0.15) is 0 Å². The van der Waals surface area contributed by atoms with Crippen molar-refractivity contribution in [3.63, 3.8) is 0 Å². The van der Waals surface area contributed by atoms with E-state index in [0.717, 1.165) is 39.0 Å². The van der Waals surface area contributed by atoms with Gasteiger partial charge in [-0.15, -0.1) is 0 Å². The second kappa shape index (κ2) is 3.85. The van der Waals surface area contributed by atoms with Crippen molar-refractivity contribution in [2.24, 2.45) is 5.41 Å². The fourth-order valence-corrected chi connectivity index (χ4v) is 2.53. The molecule has 0 saturated carbocycles. The topological polar surface area (TPSA) is 32.3 Å². The molecule has 2 fully saturated rings. The molecule has 2 rings (SSSR count). The Morgan fingerprint density at radius 2 is 2.36 bits per heavy atom. The van der Waals surface area contributed by atoms with Crippen LogP contribution in [0, 0.1) is 5.41 Å². The third-order valence-electron chi connectivity index (χ3n) is 3.43. The number of nitrogens with one attached hydrogen (secondary N) is 1. The number of hydrogen-bond donors (Lipinski definition) is 1. The highest BCUT2D eigenvalue weighted by atomic mass is 19.1. The van der Waals surface area contributed by atoms with Crippen LogP contribution in [0.15, 0.2) is 0 Å². The van der Waals surface area contributed by atoms with Crippen LogP contribution in [0.4, 0.5) is 4.39 Å². The monoisotopic (exact) mass is 200 g/mol. The minimum atomic E-state index is -0.527. The highest BCUT2D eigenvalue weighted by molar-refractivity contribution is 5.76. The molecule has 2 saturated heterocycles. The van der Waals surface area contributed by atoms with E-state index in [0.29, 0.717) is 5.41 Å². The van der Waals surface area contributed by atoms with E-state index in [1.165, 1.54) is 0 Å². The van der Waals surface area contributed by atoms with Crippen molar-refractivity contribution in [1.82, 2.24) is 10.2 Å². The molecule has 0 aliphatic carbocycles.